The lowest BCUT2D eigenvalue weighted by atomic mass is 9.94. The second-order valence-corrected chi connectivity index (χ2v) is 8.03. The second-order valence-electron chi connectivity index (χ2n) is 8.03. The molecule has 0 aromatic carbocycles. The van der Waals surface area contributed by atoms with Crippen molar-refractivity contribution >= 4 is 5.91 Å². The van der Waals surface area contributed by atoms with Crippen LogP contribution < -0.4 is 0 Å². The van der Waals surface area contributed by atoms with Crippen LogP contribution in [0.25, 0.3) is 0 Å². The Hall–Kier alpha value is -2.15. The number of carbonyl (C=O) groups excluding carboxylic acids is 1. The van der Waals surface area contributed by atoms with Crippen molar-refractivity contribution in [3.63, 3.8) is 0 Å². The first kappa shape index (κ1) is 18.6. The summed E-state index contributed by atoms with van der Waals surface area (Å²) in [5.74, 6) is 1.79. The molecule has 0 saturated carbocycles. The Labute approximate surface area is 155 Å². The fourth-order valence-electron chi connectivity index (χ4n) is 3.09. The van der Waals surface area contributed by atoms with Gasteiger partial charge in [0.1, 0.15) is 12.3 Å². The Kier molecular flexibility index (Phi) is 5.46. The van der Waals surface area contributed by atoms with Crippen molar-refractivity contribution in [2.75, 3.05) is 26.2 Å². The molecule has 3 heterocycles. The third-order valence-electron chi connectivity index (χ3n) is 4.66. The first-order valence-electron chi connectivity index (χ1n) is 9.26. The summed E-state index contributed by atoms with van der Waals surface area (Å²) in [7, 11) is 0. The maximum Gasteiger partial charge on any atom is 0.244 e. The molecule has 0 atom stereocenters. The molecular formula is C19H29N5O2. The predicted octanol–water partition coefficient (Wildman–Crippen LogP) is 2.21. The van der Waals surface area contributed by atoms with Gasteiger partial charge in [0.05, 0.1) is 18.4 Å². The van der Waals surface area contributed by atoms with Crippen molar-refractivity contribution in [1.29, 1.82) is 0 Å². The average molecular weight is 359 g/mol. The molecule has 2 aromatic heterocycles. The van der Waals surface area contributed by atoms with E-state index in [1.54, 1.807) is 4.68 Å². The molecule has 0 bridgehead atoms. The number of hydrogen-bond donors (Lipinski definition) is 0. The van der Waals surface area contributed by atoms with Crippen LogP contribution in [-0.2, 0) is 23.3 Å². The van der Waals surface area contributed by atoms with Gasteiger partial charge in [0, 0.05) is 37.8 Å². The van der Waals surface area contributed by atoms with Gasteiger partial charge >= 0.3 is 0 Å². The number of aromatic nitrogens is 3. The van der Waals surface area contributed by atoms with E-state index < -0.39 is 0 Å². The highest BCUT2D eigenvalue weighted by Gasteiger charge is 2.22. The lowest BCUT2D eigenvalue weighted by molar-refractivity contribution is -0.131. The standard InChI is InChI=1S/C19H29N5O2/c1-15-6-9-24(21-15)14-18(25)23-8-5-7-22(10-11-23)13-17-20-12-16(26-17)19(2,3)4/h6,9,12H,5,7-8,10-11,13-14H2,1-4H3. The van der Waals surface area contributed by atoms with E-state index in [1.807, 2.05) is 30.3 Å². The molecule has 0 unspecified atom stereocenters. The van der Waals surface area contributed by atoms with E-state index in [1.165, 1.54) is 0 Å². The molecule has 1 aliphatic rings. The zero-order valence-corrected chi connectivity index (χ0v) is 16.2. The molecule has 0 spiro atoms. The molecule has 1 fully saturated rings. The van der Waals surface area contributed by atoms with E-state index in [2.05, 4.69) is 35.8 Å². The SMILES string of the molecule is Cc1ccn(CC(=O)N2CCCN(Cc3ncc(C(C)(C)C)o3)CC2)n1. The molecule has 7 nitrogen and oxygen atoms in total. The average Bonchev–Trinajstić information content (AvgIpc) is 3.12. The van der Waals surface area contributed by atoms with Gasteiger partial charge in [-0.2, -0.15) is 5.10 Å². The summed E-state index contributed by atoms with van der Waals surface area (Å²) in [5, 5.41) is 4.30. The summed E-state index contributed by atoms with van der Waals surface area (Å²) in [6, 6.07) is 1.92. The molecule has 3 rings (SSSR count). The highest BCUT2D eigenvalue weighted by atomic mass is 16.4. The third kappa shape index (κ3) is 4.72. The van der Waals surface area contributed by atoms with Gasteiger partial charge in [-0.25, -0.2) is 4.98 Å². The highest BCUT2D eigenvalue weighted by Crippen LogP contribution is 2.23. The Morgan fingerprint density at radius 1 is 1.23 bits per heavy atom. The third-order valence-corrected chi connectivity index (χ3v) is 4.66. The van der Waals surface area contributed by atoms with Crippen LogP contribution >= 0.6 is 0 Å². The van der Waals surface area contributed by atoms with Gasteiger partial charge in [0.2, 0.25) is 11.8 Å². The summed E-state index contributed by atoms with van der Waals surface area (Å²) in [6.45, 7) is 12.6. The van der Waals surface area contributed by atoms with E-state index in [9.17, 15) is 4.79 Å². The van der Waals surface area contributed by atoms with Crippen molar-refractivity contribution in [1.82, 2.24) is 24.6 Å². The van der Waals surface area contributed by atoms with Gasteiger partial charge in [-0.3, -0.25) is 14.4 Å². The summed E-state index contributed by atoms with van der Waals surface area (Å²) in [4.78, 5) is 21.2. The molecule has 7 heteroatoms. The van der Waals surface area contributed by atoms with Crippen LogP contribution in [0, 0.1) is 6.92 Å². The first-order chi connectivity index (χ1) is 12.3. The van der Waals surface area contributed by atoms with Crippen molar-refractivity contribution in [2.24, 2.45) is 0 Å². The number of nitrogens with zero attached hydrogens (tertiary/aromatic N) is 5. The monoisotopic (exact) mass is 359 g/mol. The number of aryl methyl sites for hydroxylation is 1. The normalized spacial score (nSPS) is 16.7. The maximum atomic E-state index is 12.5. The van der Waals surface area contributed by atoms with E-state index in [-0.39, 0.29) is 11.3 Å². The summed E-state index contributed by atoms with van der Waals surface area (Å²) in [5.41, 5.74) is 0.901. The number of hydrogen-bond acceptors (Lipinski definition) is 5. The summed E-state index contributed by atoms with van der Waals surface area (Å²) < 4.78 is 7.61. The molecule has 26 heavy (non-hydrogen) atoms. The Morgan fingerprint density at radius 3 is 2.69 bits per heavy atom. The highest BCUT2D eigenvalue weighted by molar-refractivity contribution is 5.75. The zero-order valence-electron chi connectivity index (χ0n) is 16.2. The van der Waals surface area contributed by atoms with Gasteiger partial charge < -0.3 is 9.32 Å². The van der Waals surface area contributed by atoms with E-state index in [4.69, 9.17) is 4.42 Å². The van der Waals surface area contributed by atoms with Crippen LogP contribution in [0.5, 0.6) is 0 Å². The number of amides is 1. The van der Waals surface area contributed by atoms with Crippen molar-refractivity contribution < 1.29 is 9.21 Å². The molecule has 0 radical (unpaired) electrons. The maximum absolute atomic E-state index is 12.5. The van der Waals surface area contributed by atoms with E-state index >= 15 is 0 Å². The van der Waals surface area contributed by atoms with Gasteiger partial charge in [0.25, 0.3) is 0 Å². The number of rotatable bonds is 4. The van der Waals surface area contributed by atoms with Crippen molar-refractivity contribution in [3.05, 3.63) is 35.8 Å². The lowest BCUT2D eigenvalue weighted by Crippen LogP contribution is -2.37. The largest absolute Gasteiger partial charge is 0.444 e. The van der Waals surface area contributed by atoms with Crippen molar-refractivity contribution in [3.8, 4) is 0 Å². The zero-order chi connectivity index (χ0) is 18.7. The van der Waals surface area contributed by atoms with Gasteiger partial charge in [-0.05, 0) is 19.4 Å². The molecule has 0 N–H and O–H groups in total. The fourth-order valence-corrected chi connectivity index (χ4v) is 3.09. The molecular weight excluding hydrogens is 330 g/mol. The smallest absolute Gasteiger partial charge is 0.244 e. The van der Waals surface area contributed by atoms with Gasteiger partial charge in [-0.1, -0.05) is 20.8 Å². The van der Waals surface area contributed by atoms with Gasteiger partial charge in [0.15, 0.2) is 0 Å². The Bertz CT molecular complexity index is 743. The van der Waals surface area contributed by atoms with Crippen molar-refractivity contribution in [2.45, 2.75) is 52.6 Å². The molecule has 1 saturated heterocycles. The van der Waals surface area contributed by atoms with Crippen LogP contribution in [0.4, 0.5) is 0 Å². The quantitative estimate of drug-likeness (QED) is 0.837. The minimum atomic E-state index is -0.0297. The van der Waals surface area contributed by atoms with E-state index in [0.717, 1.165) is 49.9 Å². The topological polar surface area (TPSA) is 67.4 Å². The van der Waals surface area contributed by atoms with Crippen LogP contribution in [-0.4, -0.2) is 56.7 Å². The molecule has 142 valence electrons. The molecule has 1 aliphatic heterocycles. The predicted molar refractivity (Wildman–Crippen MR) is 98.6 cm³/mol. The van der Waals surface area contributed by atoms with Crippen LogP contribution in [0.15, 0.2) is 22.9 Å². The molecule has 2 aromatic rings. The first-order valence-corrected chi connectivity index (χ1v) is 9.26. The minimum absolute atomic E-state index is 0.0297. The van der Waals surface area contributed by atoms with Crippen LogP contribution in [0.2, 0.25) is 0 Å². The number of oxazole rings is 1. The van der Waals surface area contributed by atoms with Crippen LogP contribution in [0.1, 0.15) is 44.5 Å². The van der Waals surface area contributed by atoms with Gasteiger partial charge in [-0.15, -0.1) is 0 Å². The van der Waals surface area contributed by atoms with E-state index in [0.29, 0.717) is 13.1 Å². The Balaban J connectivity index is 1.53. The lowest BCUT2D eigenvalue weighted by Gasteiger charge is -2.21. The summed E-state index contributed by atoms with van der Waals surface area (Å²) >= 11 is 0. The summed E-state index contributed by atoms with van der Waals surface area (Å²) in [6.07, 6.45) is 4.64. The number of carbonyl (C=O) groups is 1. The Morgan fingerprint density at radius 2 is 2.04 bits per heavy atom. The van der Waals surface area contributed by atoms with Crippen LogP contribution in [0.3, 0.4) is 0 Å². The molecule has 0 aliphatic carbocycles. The molecule has 1 amide bonds. The fraction of sp³-hybridized carbons (Fsp3) is 0.632. The second kappa shape index (κ2) is 7.61. The minimum Gasteiger partial charge on any atom is -0.444 e.